The van der Waals surface area contributed by atoms with Gasteiger partial charge in [0, 0.05) is 0 Å². The van der Waals surface area contributed by atoms with Crippen molar-refractivity contribution in [2.45, 2.75) is 33.0 Å². The zero-order chi connectivity index (χ0) is 6.41. The Kier molecular flexibility index (Phi) is 5.01. The van der Waals surface area contributed by atoms with E-state index in [9.17, 15) is 0 Å². The van der Waals surface area contributed by atoms with E-state index >= 15 is 0 Å². The average Bonchev–Trinajstić information content (AvgIpc) is 1.68. The van der Waals surface area contributed by atoms with Gasteiger partial charge in [-0.05, 0) is 13.3 Å². The van der Waals surface area contributed by atoms with Crippen molar-refractivity contribution < 1.29 is 9.84 Å². The van der Waals surface area contributed by atoms with Gasteiger partial charge in [-0.2, -0.15) is 0 Å². The van der Waals surface area contributed by atoms with Crippen LogP contribution in [0.2, 0.25) is 0 Å². The minimum atomic E-state index is -0.593. The summed E-state index contributed by atoms with van der Waals surface area (Å²) in [5.41, 5.74) is 0. The van der Waals surface area contributed by atoms with Crippen LogP contribution in [-0.2, 0) is 4.74 Å². The molecule has 1 atom stereocenters. The first kappa shape index (κ1) is 7.92. The van der Waals surface area contributed by atoms with E-state index in [1.54, 1.807) is 6.92 Å². The third-order valence-electron chi connectivity index (χ3n) is 0.829. The molecule has 0 rings (SSSR count). The summed E-state index contributed by atoms with van der Waals surface area (Å²) in [4.78, 5) is 0. The van der Waals surface area contributed by atoms with Crippen LogP contribution in [0.5, 0.6) is 0 Å². The van der Waals surface area contributed by atoms with Crippen molar-refractivity contribution in [2.75, 3.05) is 0 Å². The van der Waals surface area contributed by atoms with E-state index in [1.807, 2.05) is 6.92 Å². The quantitative estimate of drug-likeness (QED) is 0.562. The lowest BCUT2D eigenvalue weighted by Crippen LogP contribution is -2.07. The van der Waals surface area contributed by atoms with Gasteiger partial charge in [-0.25, -0.2) is 0 Å². The third-order valence-corrected chi connectivity index (χ3v) is 0.829. The molecular weight excluding hydrogens is 104 g/mol. The summed E-state index contributed by atoms with van der Waals surface area (Å²) in [5, 5.41) is 8.80. The molecule has 8 heavy (non-hydrogen) atoms. The van der Waals surface area contributed by atoms with Crippen LogP contribution in [0.3, 0.4) is 0 Å². The van der Waals surface area contributed by atoms with Crippen LogP contribution in [0.15, 0.2) is 0 Å². The van der Waals surface area contributed by atoms with Gasteiger partial charge < -0.3 is 9.84 Å². The fourth-order valence-electron chi connectivity index (χ4n) is 0.472. The first-order valence-corrected chi connectivity index (χ1v) is 2.92. The smallest absolute Gasteiger partial charge is 0.155 e. The van der Waals surface area contributed by atoms with E-state index in [1.165, 1.54) is 6.61 Å². The second-order valence-corrected chi connectivity index (χ2v) is 1.62. The fraction of sp³-hybridized carbons (Fsp3) is 0.833. The summed E-state index contributed by atoms with van der Waals surface area (Å²) in [5.74, 6) is 0. The Morgan fingerprint density at radius 3 is 2.75 bits per heavy atom. The van der Waals surface area contributed by atoms with Gasteiger partial charge in [0.25, 0.3) is 0 Å². The van der Waals surface area contributed by atoms with Crippen molar-refractivity contribution in [1.82, 2.24) is 0 Å². The van der Waals surface area contributed by atoms with Gasteiger partial charge in [-0.1, -0.05) is 13.3 Å². The molecule has 0 fully saturated rings. The van der Waals surface area contributed by atoms with Crippen LogP contribution in [0, 0.1) is 6.61 Å². The maximum atomic E-state index is 8.80. The standard InChI is InChI=1S/C6H13O2/c1-3-5-6(7)8-4-2/h4,6-7H,3,5H2,1-2H3. The Morgan fingerprint density at radius 2 is 2.38 bits per heavy atom. The van der Waals surface area contributed by atoms with E-state index in [0.717, 1.165) is 6.42 Å². The van der Waals surface area contributed by atoms with E-state index in [2.05, 4.69) is 0 Å². The zero-order valence-corrected chi connectivity index (χ0v) is 5.42. The summed E-state index contributed by atoms with van der Waals surface area (Å²) in [6.07, 6.45) is 1.07. The van der Waals surface area contributed by atoms with Gasteiger partial charge in [0.15, 0.2) is 6.29 Å². The molecule has 0 saturated heterocycles. The van der Waals surface area contributed by atoms with Gasteiger partial charge in [0.1, 0.15) is 0 Å². The fourth-order valence-corrected chi connectivity index (χ4v) is 0.472. The van der Waals surface area contributed by atoms with Gasteiger partial charge in [0.2, 0.25) is 0 Å². The van der Waals surface area contributed by atoms with E-state index in [4.69, 9.17) is 9.84 Å². The molecule has 0 aromatic carbocycles. The number of hydrogen-bond acceptors (Lipinski definition) is 2. The SMILES string of the molecule is C[CH]OC(O)CCC. The van der Waals surface area contributed by atoms with E-state index in [0.29, 0.717) is 6.42 Å². The van der Waals surface area contributed by atoms with E-state index in [-0.39, 0.29) is 0 Å². The zero-order valence-electron chi connectivity index (χ0n) is 5.42. The lowest BCUT2D eigenvalue weighted by molar-refractivity contribution is -0.0737. The molecule has 0 amide bonds. The lowest BCUT2D eigenvalue weighted by atomic mass is 10.3. The lowest BCUT2D eigenvalue weighted by Gasteiger charge is -2.06. The number of ether oxygens (including phenoxy) is 1. The predicted molar refractivity (Wildman–Crippen MR) is 32.0 cm³/mol. The minimum absolute atomic E-state index is 0.593. The summed E-state index contributed by atoms with van der Waals surface area (Å²) in [6, 6.07) is 0. The Hall–Kier alpha value is -0.0800. The second kappa shape index (κ2) is 5.06. The maximum absolute atomic E-state index is 8.80. The van der Waals surface area contributed by atoms with Gasteiger partial charge in [-0.15, -0.1) is 0 Å². The van der Waals surface area contributed by atoms with Gasteiger partial charge in [0.05, 0.1) is 6.61 Å². The van der Waals surface area contributed by atoms with Gasteiger partial charge >= 0.3 is 0 Å². The molecule has 2 heteroatoms. The molecule has 0 aliphatic heterocycles. The highest BCUT2D eigenvalue weighted by Gasteiger charge is 1.97. The van der Waals surface area contributed by atoms with Crippen LogP contribution in [0.1, 0.15) is 26.7 Å². The van der Waals surface area contributed by atoms with Crippen molar-refractivity contribution in [1.29, 1.82) is 0 Å². The highest BCUT2D eigenvalue weighted by Crippen LogP contribution is 1.97. The molecule has 0 saturated carbocycles. The number of hydrogen-bond donors (Lipinski definition) is 1. The number of aliphatic hydroxyl groups is 1. The summed E-state index contributed by atoms with van der Waals surface area (Å²) >= 11 is 0. The molecule has 0 aliphatic rings. The molecule has 0 aromatic heterocycles. The first-order chi connectivity index (χ1) is 3.81. The Balaban J connectivity index is 2.92. The van der Waals surface area contributed by atoms with Crippen molar-refractivity contribution in [3.63, 3.8) is 0 Å². The largest absolute Gasteiger partial charge is 0.368 e. The molecule has 1 N–H and O–H groups in total. The monoisotopic (exact) mass is 117 g/mol. The van der Waals surface area contributed by atoms with Crippen LogP contribution < -0.4 is 0 Å². The van der Waals surface area contributed by atoms with Crippen molar-refractivity contribution in [3.05, 3.63) is 6.61 Å². The molecule has 0 spiro atoms. The minimum Gasteiger partial charge on any atom is -0.368 e. The Bertz CT molecular complexity index is 39.8. The second-order valence-electron chi connectivity index (χ2n) is 1.62. The first-order valence-electron chi connectivity index (χ1n) is 2.92. The predicted octanol–water partition coefficient (Wildman–Crippen LogP) is 1.30. The number of rotatable bonds is 4. The summed E-state index contributed by atoms with van der Waals surface area (Å²) < 4.78 is 4.71. The molecule has 0 bridgehead atoms. The summed E-state index contributed by atoms with van der Waals surface area (Å²) in [6.45, 7) is 5.25. The maximum Gasteiger partial charge on any atom is 0.155 e. The third kappa shape index (κ3) is 4.09. The topological polar surface area (TPSA) is 29.5 Å². The highest BCUT2D eigenvalue weighted by atomic mass is 16.6. The molecule has 49 valence electrons. The Labute approximate surface area is 50.5 Å². The average molecular weight is 117 g/mol. The van der Waals surface area contributed by atoms with E-state index < -0.39 is 6.29 Å². The van der Waals surface area contributed by atoms with Crippen LogP contribution >= 0.6 is 0 Å². The molecule has 0 aliphatic carbocycles. The molecule has 1 unspecified atom stereocenters. The Morgan fingerprint density at radius 1 is 1.75 bits per heavy atom. The van der Waals surface area contributed by atoms with Crippen molar-refractivity contribution in [2.24, 2.45) is 0 Å². The molecule has 2 nitrogen and oxygen atoms in total. The number of aliphatic hydroxyl groups excluding tert-OH is 1. The van der Waals surface area contributed by atoms with Crippen LogP contribution in [0.4, 0.5) is 0 Å². The van der Waals surface area contributed by atoms with Gasteiger partial charge in [-0.3, -0.25) is 0 Å². The molecule has 0 aromatic rings. The van der Waals surface area contributed by atoms with Crippen LogP contribution in [-0.4, -0.2) is 11.4 Å². The molecule has 0 heterocycles. The normalized spacial score (nSPS) is 13.9. The van der Waals surface area contributed by atoms with Crippen molar-refractivity contribution >= 4 is 0 Å². The van der Waals surface area contributed by atoms with Crippen molar-refractivity contribution in [3.8, 4) is 0 Å². The molecule has 1 radical (unpaired) electrons. The van der Waals surface area contributed by atoms with Crippen LogP contribution in [0.25, 0.3) is 0 Å². The highest BCUT2D eigenvalue weighted by molar-refractivity contribution is 4.42. The summed E-state index contributed by atoms with van der Waals surface area (Å²) in [7, 11) is 0. The molecular formula is C6H13O2.